The Labute approximate surface area is 119 Å². The van der Waals surface area contributed by atoms with Crippen LogP contribution in [0.15, 0.2) is 23.1 Å². The molecule has 0 aromatic heterocycles. The Bertz CT molecular complexity index is 436. The minimum absolute atomic E-state index is 0.0281. The average molecular weight is 395 g/mol. The summed E-state index contributed by atoms with van der Waals surface area (Å²) in [5.74, 6) is -0.375. The minimum atomic E-state index is -4.40. The summed E-state index contributed by atoms with van der Waals surface area (Å²) in [5, 5.41) is -1.05. The average Bonchev–Trinajstić information content (AvgIpc) is 2.14. The molecule has 94 valence electrons. The maximum absolute atomic E-state index is 12.4. The number of alkyl halides is 4. The molecule has 0 saturated heterocycles. The van der Waals surface area contributed by atoms with Crippen molar-refractivity contribution in [3.63, 3.8) is 0 Å². The van der Waals surface area contributed by atoms with E-state index in [-0.39, 0.29) is 28.0 Å². The number of hydrogen-bond acceptors (Lipinski definition) is 2. The van der Waals surface area contributed by atoms with Crippen molar-refractivity contribution in [3.8, 4) is 0 Å². The van der Waals surface area contributed by atoms with Crippen LogP contribution in [0.4, 0.5) is 13.2 Å². The highest BCUT2D eigenvalue weighted by Crippen LogP contribution is 2.42. The maximum Gasteiger partial charge on any atom is 0.446 e. The highest BCUT2D eigenvalue weighted by Gasteiger charge is 2.32. The number of rotatable bonds is 3. The molecule has 7 heteroatoms. The number of carbonyl (C=O) groups excluding carboxylic acids is 1. The summed E-state index contributed by atoms with van der Waals surface area (Å²) in [7, 11) is 0. The molecule has 0 bridgehead atoms. The molecule has 1 aromatic rings. The number of hydrogen-bond donors (Lipinski definition) is 0. The van der Waals surface area contributed by atoms with Gasteiger partial charge in [0.25, 0.3) is 0 Å². The summed E-state index contributed by atoms with van der Waals surface area (Å²) in [4.78, 5) is 11.2. The van der Waals surface area contributed by atoms with Crippen molar-refractivity contribution in [2.75, 3.05) is 0 Å². The zero-order valence-electron chi connectivity index (χ0n) is 8.52. The van der Waals surface area contributed by atoms with Crippen LogP contribution in [0.5, 0.6) is 0 Å². The molecule has 0 heterocycles. The van der Waals surface area contributed by atoms with E-state index in [0.717, 1.165) is 0 Å². The van der Waals surface area contributed by atoms with Crippen LogP contribution in [0.3, 0.4) is 0 Å². The molecule has 1 unspecified atom stereocenters. The number of thioether (sulfide) groups is 1. The van der Waals surface area contributed by atoms with E-state index in [2.05, 4.69) is 0 Å². The van der Waals surface area contributed by atoms with Gasteiger partial charge in [0.1, 0.15) is 5.38 Å². The quantitative estimate of drug-likeness (QED) is 0.417. The molecular weight excluding hydrogens is 388 g/mol. The van der Waals surface area contributed by atoms with Crippen LogP contribution in [-0.2, 0) is 4.79 Å². The van der Waals surface area contributed by atoms with Gasteiger partial charge in [-0.1, -0.05) is 6.07 Å². The standard InChI is InChI=1S/C10H7ClF3IOS/c1-5(16)9(11)8-6(15)3-2-4-7(8)17-10(12,13)14/h2-4,9H,1H3. The molecule has 0 amide bonds. The van der Waals surface area contributed by atoms with E-state index in [0.29, 0.717) is 3.57 Å². The summed E-state index contributed by atoms with van der Waals surface area (Å²) in [6, 6.07) is 4.44. The lowest BCUT2D eigenvalue weighted by Crippen LogP contribution is -2.08. The third kappa shape index (κ3) is 4.33. The van der Waals surface area contributed by atoms with Crippen LogP contribution in [-0.4, -0.2) is 11.3 Å². The molecule has 0 aliphatic rings. The zero-order chi connectivity index (χ0) is 13.2. The minimum Gasteiger partial charge on any atom is -0.298 e. The first-order valence-corrected chi connectivity index (χ1v) is 6.74. The second-order valence-corrected chi connectivity index (χ2v) is 5.88. The van der Waals surface area contributed by atoms with E-state index in [1.165, 1.54) is 19.1 Å². The Kier molecular flexibility index (Phi) is 5.15. The third-order valence-corrected chi connectivity index (χ3v) is 4.12. The number of Topliss-reactive ketones (excluding diaryl/α,β-unsaturated/α-hetero) is 1. The molecule has 1 atom stereocenters. The second-order valence-electron chi connectivity index (χ2n) is 3.17. The van der Waals surface area contributed by atoms with Gasteiger partial charge in [0, 0.05) is 14.0 Å². The van der Waals surface area contributed by atoms with Crippen molar-refractivity contribution in [2.45, 2.75) is 22.7 Å². The third-order valence-electron chi connectivity index (χ3n) is 1.85. The fraction of sp³-hybridized carbons (Fsp3) is 0.300. The van der Waals surface area contributed by atoms with Gasteiger partial charge in [-0.15, -0.1) is 11.6 Å². The van der Waals surface area contributed by atoms with Crippen LogP contribution in [0.2, 0.25) is 0 Å². The highest BCUT2D eigenvalue weighted by molar-refractivity contribution is 14.1. The molecular formula is C10H7ClF3IOS. The van der Waals surface area contributed by atoms with Crippen molar-refractivity contribution in [3.05, 3.63) is 27.3 Å². The Hall–Kier alpha value is 0.0500. The van der Waals surface area contributed by atoms with Crippen molar-refractivity contribution < 1.29 is 18.0 Å². The molecule has 1 rings (SSSR count). The summed E-state index contributed by atoms with van der Waals surface area (Å²) in [6.07, 6.45) is 0. The molecule has 0 aliphatic carbocycles. The van der Waals surface area contributed by atoms with Gasteiger partial charge in [0.2, 0.25) is 0 Å². The van der Waals surface area contributed by atoms with E-state index >= 15 is 0 Å². The van der Waals surface area contributed by atoms with Crippen molar-refractivity contribution in [1.82, 2.24) is 0 Å². The Morgan fingerprint density at radius 1 is 1.47 bits per heavy atom. The Balaban J connectivity index is 3.22. The summed E-state index contributed by atoms with van der Waals surface area (Å²) < 4.78 is 37.6. The molecule has 1 nitrogen and oxygen atoms in total. The van der Waals surface area contributed by atoms with E-state index in [1.54, 1.807) is 6.07 Å². The van der Waals surface area contributed by atoms with Gasteiger partial charge in [-0.2, -0.15) is 13.2 Å². The van der Waals surface area contributed by atoms with E-state index in [4.69, 9.17) is 11.6 Å². The topological polar surface area (TPSA) is 17.1 Å². The first-order chi connectivity index (χ1) is 7.72. The molecule has 0 aliphatic heterocycles. The second kappa shape index (κ2) is 5.79. The van der Waals surface area contributed by atoms with Gasteiger partial charge in [-0.25, -0.2) is 0 Å². The number of carbonyl (C=O) groups is 1. The van der Waals surface area contributed by atoms with Gasteiger partial charge in [-0.05, 0) is 53.4 Å². The SMILES string of the molecule is CC(=O)C(Cl)c1c(I)cccc1SC(F)(F)F. The predicted octanol–water partition coefficient (Wildman–Crippen LogP) is 4.77. The largest absolute Gasteiger partial charge is 0.446 e. The number of ketones is 1. The first-order valence-electron chi connectivity index (χ1n) is 4.41. The highest BCUT2D eigenvalue weighted by atomic mass is 127. The zero-order valence-corrected chi connectivity index (χ0v) is 12.2. The molecule has 0 N–H and O–H groups in total. The molecule has 0 saturated carbocycles. The molecule has 0 spiro atoms. The normalized spacial score (nSPS) is 13.5. The summed E-state index contributed by atoms with van der Waals surface area (Å²) in [6.45, 7) is 1.25. The molecule has 1 aromatic carbocycles. The lowest BCUT2D eigenvalue weighted by atomic mass is 10.1. The number of benzene rings is 1. The van der Waals surface area contributed by atoms with E-state index < -0.39 is 10.9 Å². The van der Waals surface area contributed by atoms with Crippen LogP contribution < -0.4 is 0 Å². The van der Waals surface area contributed by atoms with Crippen LogP contribution >= 0.6 is 46.0 Å². The van der Waals surface area contributed by atoms with Crippen molar-refractivity contribution in [1.29, 1.82) is 0 Å². The predicted molar refractivity (Wildman–Crippen MR) is 70.3 cm³/mol. The van der Waals surface area contributed by atoms with E-state index in [1.807, 2.05) is 22.6 Å². The molecule has 0 fully saturated rings. The molecule has 17 heavy (non-hydrogen) atoms. The summed E-state index contributed by atoms with van der Waals surface area (Å²) >= 11 is 7.46. The lowest BCUT2D eigenvalue weighted by Gasteiger charge is -2.15. The Morgan fingerprint density at radius 2 is 2.06 bits per heavy atom. The van der Waals surface area contributed by atoms with Gasteiger partial charge in [0.15, 0.2) is 5.78 Å². The van der Waals surface area contributed by atoms with Crippen molar-refractivity contribution in [2.24, 2.45) is 0 Å². The monoisotopic (exact) mass is 394 g/mol. The fourth-order valence-electron chi connectivity index (χ4n) is 1.18. The van der Waals surface area contributed by atoms with Gasteiger partial charge in [-0.3, -0.25) is 4.79 Å². The Morgan fingerprint density at radius 3 is 2.53 bits per heavy atom. The van der Waals surface area contributed by atoms with Crippen LogP contribution in [0, 0.1) is 3.57 Å². The van der Waals surface area contributed by atoms with Crippen LogP contribution in [0.25, 0.3) is 0 Å². The van der Waals surface area contributed by atoms with Crippen molar-refractivity contribution >= 4 is 51.7 Å². The fourth-order valence-corrected chi connectivity index (χ4v) is 3.39. The van der Waals surface area contributed by atoms with Gasteiger partial charge in [0.05, 0.1) is 0 Å². The lowest BCUT2D eigenvalue weighted by molar-refractivity contribution is -0.116. The number of halogens is 5. The maximum atomic E-state index is 12.4. The van der Waals surface area contributed by atoms with Gasteiger partial charge < -0.3 is 0 Å². The van der Waals surface area contributed by atoms with Gasteiger partial charge >= 0.3 is 5.51 Å². The molecule has 0 radical (unpaired) electrons. The summed E-state index contributed by atoms with van der Waals surface area (Å²) in [5.41, 5.74) is -4.17. The smallest absolute Gasteiger partial charge is 0.298 e. The van der Waals surface area contributed by atoms with Crippen LogP contribution in [0.1, 0.15) is 17.9 Å². The van der Waals surface area contributed by atoms with E-state index in [9.17, 15) is 18.0 Å². The first kappa shape index (κ1) is 15.1.